The Balaban J connectivity index is 1.70. The Bertz CT molecular complexity index is 1300. The van der Waals surface area contributed by atoms with Crippen molar-refractivity contribution in [2.24, 2.45) is 0 Å². The molecule has 3 aromatic rings. The van der Waals surface area contributed by atoms with Crippen LogP contribution in [-0.2, 0) is 20.2 Å². The van der Waals surface area contributed by atoms with E-state index in [2.05, 4.69) is 26.1 Å². The van der Waals surface area contributed by atoms with Gasteiger partial charge in [-0.05, 0) is 60.4 Å². The molecule has 0 saturated heterocycles. The maximum absolute atomic E-state index is 13.5. The highest BCUT2D eigenvalue weighted by molar-refractivity contribution is 7.92. The van der Waals surface area contributed by atoms with E-state index >= 15 is 0 Å². The van der Waals surface area contributed by atoms with E-state index in [4.69, 9.17) is 27.9 Å². The van der Waals surface area contributed by atoms with Crippen LogP contribution in [0.4, 0.5) is 5.69 Å². The summed E-state index contributed by atoms with van der Waals surface area (Å²) in [5, 5.41) is 3.16. The van der Waals surface area contributed by atoms with Crippen LogP contribution in [0.2, 0.25) is 10.0 Å². The number of anilines is 1. The zero-order chi connectivity index (χ0) is 26.5. The molecule has 36 heavy (non-hydrogen) atoms. The summed E-state index contributed by atoms with van der Waals surface area (Å²) in [5.74, 6) is 0.181. The van der Waals surface area contributed by atoms with Gasteiger partial charge >= 0.3 is 0 Å². The van der Waals surface area contributed by atoms with Gasteiger partial charge in [0.05, 0.1) is 22.2 Å². The van der Waals surface area contributed by atoms with Crippen LogP contribution in [0.1, 0.15) is 31.9 Å². The van der Waals surface area contributed by atoms with Gasteiger partial charge in [0.15, 0.2) is 0 Å². The van der Waals surface area contributed by atoms with Crippen LogP contribution in [0.15, 0.2) is 71.6 Å². The second-order valence-electron chi connectivity index (χ2n) is 9.39. The van der Waals surface area contributed by atoms with Crippen LogP contribution in [0.3, 0.4) is 0 Å². The largest absolute Gasteiger partial charge is 0.492 e. The van der Waals surface area contributed by atoms with Crippen LogP contribution in [-0.4, -0.2) is 34.0 Å². The zero-order valence-electron chi connectivity index (χ0n) is 20.7. The highest BCUT2D eigenvalue weighted by Gasteiger charge is 2.29. The maximum atomic E-state index is 13.5. The summed E-state index contributed by atoms with van der Waals surface area (Å²) in [6, 6.07) is 18.6. The van der Waals surface area contributed by atoms with E-state index in [-0.39, 0.29) is 34.2 Å². The van der Waals surface area contributed by atoms with E-state index in [0.29, 0.717) is 10.8 Å². The smallest absolute Gasteiger partial charge is 0.264 e. The lowest BCUT2D eigenvalue weighted by Gasteiger charge is -2.25. The topological polar surface area (TPSA) is 75.7 Å². The molecule has 192 valence electrons. The summed E-state index contributed by atoms with van der Waals surface area (Å²) in [4.78, 5) is 12.8. The summed E-state index contributed by atoms with van der Waals surface area (Å²) in [7, 11) is -4.10. The van der Waals surface area contributed by atoms with E-state index in [9.17, 15) is 13.2 Å². The molecule has 0 aliphatic carbocycles. The SMILES string of the molecule is Cc1ccc(S(=O)(=O)N(CC(=O)NCCOc2ccc(C(C)(C)C)cc2)c2cc(Cl)ccc2Cl)cc1. The number of amides is 1. The molecule has 0 bridgehead atoms. The first kappa shape index (κ1) is 27.8. The second-order valence-corrected chi connectivity index (χ2v) is 12.1. The Labute approximate surface area is 223 Å². The van der Waals surface area contributed by atoms with Gasteiger partial charge in [0, 0.05) is 5.02 Å². The molecule has 0 saturated carbocycles. The molecule has 0 heterocycles. The lowest BCUT2D eigenvalue weighted by Crippen LogP contribution is -2.42. The van der Waals surface area contributed by atoms with Crippen molar-refractivity contribution in [2.75, 3.05) is 24.0 Å². The molecule has 0 fully saturated rings. The Morgan fingerprint density at radius 2 is 1.61 bits per heavy atom. The Morgan fingerprint density at radius 3 is 2.22 bits per heavy atom. The number of rotatable bonds is 9. The molecule has 1 amide bonds. The fourth-order valence-corrected chi connectivity index (χ4v) is 5.28. The van der Waals surface area contributed by atoms with Crippen molar-refractivity contribution >= 4 is 44.8 Å². The third-order valence-corrected chi connectivity index (χ3v) is 7.82. The van der Waals surface area contributed by atoms with Crippen LogP contribution in [0.5, 0.6) is 5.75 Å². The van der Waals surface area contributed by atoms with Crippen molar-refractivity contribution in [3.8, 4) is 5.75 Å². The molecule has 3 rings (SSSR count). The molecular weight excluding hydrogens is 519 g/mol. The average molecular weight is 550 g/mol. The van der Waals surface area contributed by atoms with Gasteiger partial charge in [0.2, 0.25) is 5.91 Å². The number of sulfonamides is 1. The Hall–Kier alpha value is -2.74. The fourth-order valence-electron chi connectivity index (χ4n) is 3.41. The number of ether oxygens (including phenoxy) is 1. The number of hydrogen-bond acceptors (Lipinski definition) is 4. The summed E-state index contributed by atoms with van der Waals surface area (Å²) in [6.07, 6.45) is 0. The average Bonchev–Trinajstić information content (AvgIpc) is 2.82. The highest BCUT2D eigenvalue weighted by atomic mass is 35.5. The molecule has 0 aromatic heterocycles. The molecule has 6 nitrogen and oxygen atoms in total. The van der Waals surface area contributed by atoms with Crippen LogP contribution < -0.4 is 14.4 Å². The molecule has 0 aliphatic rings. The number of nitrogens with zero attached hydrogens (tertiary/aromatic N) is 1. The monoisotopic (exact) mass is 548 g/mol. The van der Waals surface area contributed by atoms with Crippen molar-refractivity contribution in [3.63, 3.8) is 0 Å². The maximum Gasteiger partial charge on any atom is 0.264 e. The zero-order valence-corrected chi connectivity index (χ0v) is 23.0. The summed E-state index contributed by atoms with van der Waals surface area (Å²) < 4.78 is 33.6. The summed E-state index contributed by atoms with van der Waals surface area (Å²) in [5.41, 5.74) is 2.27. The van der Waals surface area contributed by atoms with Crippen molar-refractivity contribution in [2.45, 2.75) is 38.0 Å². The Morgan fingerprint density at radius 1 is 0.972 bits per heavy atom. The lowest BCUT2D eigenvalue weighted by molar-refractivity contribution is -0.119. The number of carbonyl (C=O) groups is 1. The fraction of sp³-hybridized carbons (Fsp3) is 0.296. The minimum atomic E-state index is -4.10. The minimum Gasteiger partial charge on any atom is -0.492 e. The quantitative estimate of drug-likeness (QED) is 0.333. The van der Waals surface area contributed by atoms with Gasteiger partial charge in [0.25, 0.3) is 10.0 Å². The van der Waals surface area contributed by atoms with E-state index in [1.165, 1.54) is 29.8 Å². The molecule has 0 unspecified atom stereocenters. The summed E-state index contributed by atoms with van der Waals surface area (Å²) >= 11 is 12.4. The molecule has 0 spiro atoms. The summed E-state index contributed by atoms with van der Waals surface area (Å²) in [6.45, 7) is 8.21. The normalized spacial score (nSPS) is 11.7. The van der Waals surface area contributed by atoms with Gasteiger partial charge in [-0.1, -0.05) is 73.8 Å². The van der Waals surface area contributed by atoms with Crippen LogP contribution in [0.25, 0.3) is 0 Å². The number of halogens is 2. The lowest BCUT2D eigenvalue weighted by atomic mass is 9.87. The molecular formula is C27H30Cl2N2O4S. The predicted octanol–water partition coefficient (Wildman–Crippen LogP) is 5.99. The number of aryl methyl sites for hydroxylation is 1. The molecule has 0 aliphatic heterocycles. The highest BCUT2D eigenvalue weighted by Crippen LogP contribution is 2.33. The van der Waals surface area contributed by atoms with Gasteiger partial charge in [-0.25, -0.2) is 8.42 Å². The first-order valence-corrected chi connectivity index (χ1v) is 13.6. The van der Waals surface area contributed by atoms with Crippen molar-refractivity contribution < 1.29 is 17.9 Å². The Kier molecular flexibility index (Phi) is 8.93. The van der Waals surface area contributed by atoms with Crippen molar-refractivity contribution in [1.29, 1.82) is 0 Å². The van der Waals surface area contributed by atoms with Crippen LogP contribution in [0, 0.1) is 6.92 Å². The first-order valence-electron chi connectivity index (χ1n) is 11.4. The molecule has 9 heteroatoms. The van der Waals surface area contributed by atoms with E-state index in [1.807, 2.05) is 31.2 Å². The number of nitrogens with one attached hydrogen (secondary N) is 1. The van der Waals surface area contributed by atoms with E-state index < -0.39 is 22.5 Å². The van der Waals surface area contributed by atoms with E-state index in [1.54, 1.807) is 18.2 Å². The first-order chi connectivity index (χ1) is 16.9. The third kappa shape index (κ3) is 7.15. The predicted molar refractivity (Wildman–Crippen MR) is 146 cm³/mol. The van der Waals surface area contributed by atoms with Crippen LogP contribution >= 0.6 is 23.2 Å². The van der Waals surface area contributed by atoms with Crippen molar-refractivity contribution in [1.82, 2.24) is 5.32 Å². The third-order valence-electron chi connectivity index (χ3n) is 5.49. The number of carbonyl (C=O) groups excluding carboxylic acids is 1. The van der Waals surface area contributed by atoms with Gasteiger partial charge < -0.3 is 10.1 Å². The number of benzene rings is 3. The van der Waals surface area contributed by atoms with Gasteiger partial charge in [0.1, 0.15) is 18.9 Å². The molecule has 1 N–H and O–H groups in total. The standard InChI is InChI=1S/C27H30Cl2N2O4S/c1-19-5-12-23(13-6-19)36(33,34)31(25-17-21(28)9-14-24(25)29)18-26(32)30-15-16-35-22-10-7-20(8-11-22)27(2,3)4/h5-14,17H,15-16,18H2,1-4H3,(H,30,32). The van der Waals surface area contributed by atoms with Gasteiger partial charge in [-0.2, -0.15) is 0 Å². The number of hydrogen-bond donors (Lipinski definition) is 1. The molecule has 0 atom stereocenters. The van der Waals surface area contributed by atoms with Gasteiger partial charge in [-0.15, -0.1) is 0 Å². The minimum absolute atomic E-state index is 0.0407. The molecule has 3 aromatic carbocycles. The van der Waals surface area contributed by atoms with Gasteiger partial charge in [-0.3, -0.25) is 9.10 Å². The second kappa shape index (κ2) is 11.5. The molecule has 0 radical (unpaired) electrons. The van der Waals surface area contributed by atoms with E-state index in [0.717, 1.165) is 9.87 Å². The van der Waals surface area contributed by atoms with Crippen molar-refractivity contribution in [3.05, 3.63) is 87.9 Å².